The van der Waals surface area contributed by atoms with E-state index >= 15 is 0 Å². The average molecular weight is 258 g/mol. The van der Waals surface area contributed by atoms with Crippen molar-refractivity contribution in [1.29, 1.82) is 0 Å². The zero-order valence-corrected chi connectivity index (χ0v) is 10.5. The summed E-state index contributed by atoms with van der Waals surface area (Å²) >= 11 is 0. The molecule has 0 aliphatic rings. The van der Waals surface area contributed by atoms with Crippen LogP contribution in [0.25, 0.3) is 0 Å². The van der Waals surface area contributed by atoms with Gasteiger partial charge in [-0.05, 0) is 19.1 Å². The Bertz CT molecular complexity index is 528. The number of amides is 2. The monoisotopic (exact) mass is 258 g/mol. The van der Waals surface area contributed by atoms with Crippen LogP contribution in [0.1, 0.15) is 6.92 Å². The van der Waals surface area contributed by atoms with Gasteiger partial charge in [0.15, 0.2) is 0 Å². The molecule has 2 rings (SSSR count). The van der Waals surface area contributed by atoms with E-state index in [1.807, 2.05) is 25.1 Å². The fourth-order valence-corrected chi connectivity index (χ4v) is 1.40. The second-order valence-corrected chi connectivity index (χ2v) is 3.63. The highest BCUT2D eigenvalue weighted by atomic mass is 16.5. The highest BCUT2D eigenvalue weighted by molar-refractivity contribution is 5.99. The first kappa shape index (κ1) is 12.8. The summed E-state index contributed by atoms with van der Waals surface area (Å²) in [5, 5.41) is 5.32. The fourth-order valence-electron chi connectivity index (χ4n) is 1.40. The summed E-state index contributed by atoms with van der Waals surface area (Å²) < 4.78 is 5.11. The molecule has 1 heterocycles. The smallest absolute Gasteiger partial charge is 0.323 e. The van der Waals surface area contributed by atoms with Crippen molar-refractivity contribution in [3.63, 3.8) is 0 Å². The van der Waals surface area contributed by atoms with Gasteiger partial charge < -0.3 is 15.4 Å². The van der Waals surface area contributed by atoms with Gasteiger partial charge in [0.05, 0.1) is 24.7 Å². The molecule has 0 saturated heterocycles. The minimum Gasteiger partial charge on any atom is -0.464 e. The maximum atomic E-state index is 11.7. The summed E-state index contributed by atoms with van der Waals surface area (Å²) in [5.74, 6) is 0. The maximum Gasteiger partial charge on any atom is 0.323 e. The number of nitrogens with zero attached hydrogens (tertiary/aromatic N) is 2. The SMILES string of the molecule is CCOc1ncc(NC(=O)Nc2ccccc2)cn1. The van der Waals surface area contributed by atoms with Crippen molar-refractivity contribution in [2.45, 2.75) is 6.92 Å². The molecule has 0 aliphatic carbocycles. The van der Waals surface area contributed by atoms with Crippen LogP contribution in [0.3, 0.4) is 0 Å². The second-order valence-electron chi connectivity index (χ2n) is 3.63. The third-order valence-corrected chi connectivity index (χ3v) is 2.19. The first-order valence-corrected chi connectivity index (χ1v) is 5.86. The fraction of sp³-hybridized carbons (Fsp3) is 0.154. The van der Waals surface area contributed by atoms with Gasteiger partial charge >= 0.3 is 12.0 Å². The third-order valence-electron chi connectivity index (χ3n) is 2.19. The van der Waals surface area contributed by atoms with Gasteiger partial charge in [-0.25, -0.2) is 14.8 Å². The summed E-state index contributed by atoms with van der Waals surface area (Å²) in [6.45, 7) is 2.35. The van der Waals surface area contributed by atoms with Crippen molar-refractivity contribution in [1.82, 2.24) is 9.97 Å². The number of anilines is 2. The van der Waals surface area contributed by atoms with Gasteiger partial charge in [0, 0.05) is 5.69 Å². The molecule has 1 aromatic carbocycles. The van der Waals surface area contributed by atoms with E-state index in [-0.39, 0.29) is 12.0 Å². The van der Waals surface area contributed by atoms with E-state index in [1.165, 1.54) is 12.4 Å². The molecular formula is C13H14N4O2. The molecule has 6 nitrogen and oxygen atoms in total. The lowest BCUT2D eigenvalue weighted by Gasteiger charge is -2.07. The number of aromatic nitrogens is 2. The average Bonchev–Trinajstić information content (AvgIpc) is 2.42. The number of ether oxygens (including phenoxy) is 1. The molecule has 0 atom stereocenters. The molecule has 6 heteroatoms. The maximum absolute atomic E-state index is 11.7. The Morgan fingerprint density at radius 3 is 2.37 bits per heavy atom. The van der Waals surface area contributed by atoms with Crippen LogP contribution < -0.4 is 15.4 Å². The predicted molar refractivity (Wildman–Crippen MR) is 72.3 cm³/mol. The number of carbonyl (C=O) groups excluding carboxylic acids is 1. The van der Waals surface area contributed by atoms with E-state index in [9.17, 15) is 4.79 Å². The molecule has 0 fully saturated rings. The third kappa shape index (κ3) is 3.95. The second kappa shape index (κ2) is 6.34. The first-order chi connectivity index (χ1) is 9.28. The summed E-state index contributed by atoms with van der Waals surface area (Å²) in [5.41, 5.74) is 1.21. The highest BCUT2D eigenvalue weighted by Gasteiger charge is 2.03. The standard InChI is InChI=1S/C13H14N4O2/c1-2-19-13-14-8-11(9-15-13)17-12(18)16-10-6-4-3-5-7-10/h3-9H,2H2,1H3,(H2,16,17,18). The molecule has 2 aromatic rings. The van der Waals surface area contributed by atoms with Crippen LogP contribution in [0.2, 0.25) is 0 Å². The first-order valence-electron chi connectivity index (χ1n) is 5.86. The van der Waals surface area contributed by atoms with Crippen molar-refractivity contribution in [2.24, 2.45) is 0 Å². The lowest BCUT2D eigenvalue weighted by Crippen LogP contribution is -2.19. The molecule has 98 valence electrons. The lowest BCUT2D eigenvalue weighted by atomic mass is 10.3. The molecular weight excluding hydrogens is 244 g/mol. The van der Waals surface area contributed by atoms with Crippen molar-refractivity contribution in [2.75, 3.05) is 17.2 Å². The summed E-state index contributed by atoms with van der Waals surface area (Å²) in [6.07, 6.45) is 2.98. The number of nitrogens with one attached hydrogen (secondary N) is 2. The zero-order chi connectivity index (χ0) is 13.5. The molecule has 2 N–H and O–H groups in total. The van der Waals surface area contributed by atoms with Crippen LogP contribution in [0.15, 0.2) is 42.7 Å². The molecule has 0 spiro atoms. The van der Waals surface area contributed by atoms with Gasteiger partial charge in [-0.1, -0.05) is 18.2 Å². The quantitative estimate of drug-likeness (QED) is 0.883. The Kier molecular flexibility index (Phi) is 4.28. The van der Waals surface area contributed by atoms with Crippen LogP contribution in [-0.4, -0.2) is 22.6 Å². The summed E-state index contributed by atoms with van der Waals surface area (Å²) in [7, 11) is 0. The van der Waals surface area contributed by atoms with Gasteiger partial charge in [-0.3, -0.25) is 0 Å². The van der Waals surface area contributed by atoms with Crippen LogP contribution in [0.5, 0.6) is 6.01 Å². The number of carbonyl (C=O) groups is 1. The normalized spacial score (nSPS) is 9.74. The van der Waals surface area contributed by atoms with Crippen LogP contribution in [0, 0.1) is 0 Å². The number of hydrogen-bond acceptors (Lipinski definition) is 4. The van der Waals surface area contributed by atoms with Crippen LogP contribution >= 0.6 is 0 Å². The minimum atomic E-state index is -0.348. The number of benzene rings is 1. The Balaban J connectivity index is 1.91. The van der Waals surface area contributed by atoms with Gasteiger partial charge in [-0.2, -0.15) is 0 Å². The van der Waals surface area contributed by atoms with Crippen LogP contribution in [-0.2, 0) is 0 Å². The van der Waals surface area contributed by atoms with Crippen molar-refractivity contribution < 1.29 is 9.53 Å². The van der Waals surface area contributed by atoms with E-state index in [4.69, 9.17) is 4.74 Å². The number of hydrogen-bond donors (Lipinski definition) is 2. The molecule has 0 unspecified atom stereocenters. The number of urea groups is 1. The Morgan fingerprint density at radius 1 is 1.11 bits per heavy atom. The van der Waals surface area contributed by atoms with E-state index in [0.29, 0.717) is 18.0 Å². The van der Waals surface area contributed by atoms with Gasteiger partial charge in [0.2, 0.25) is 0 Å². The Labute approximate surface area is 110 Å². The van der Waals surface area contributed by atoms with Crippen molar-refractivity contribution >= 4 is 17.4 Å². The molecule has 19 heavy (non-hydrogen) atoms. The zero-order valence-electron chi connectivity index (χ0n) is 10.5. The molecule has 0 radical (unpaired) electrons. The Hall–Kier alpha value is -2.63. The molecule has 0 bridgehead atoms. The van der Waals surface area contributed by atoms with E-state index in [2.05, 4.69) is 20.6 Å². The Morgan fingerprint density at radius 2 is 1.74 bits per heavy atom. The number of rotatable bonds is 4. The van der Waals surface area contributed by atoms with E-state index in [1.54, 1.807) is 12.1 Å². The molecule has 0 saturated carbocycles. The molecule has 1 aromatic heterocycles. The van der Waals surface area contributed by atoms with Crippen molar-refractivity contribution in [3.8, 4) is 6.01 Å². The largest absolute Gasteiger partial charge is 0.464 e. The number of para-hydroxylation sites is 1. The van der Waals surface area contributed by atoms with E-state index in [0.717, 1.165) is 0 Å². The van der Waals surface area contributed by atoms with Gasteiger partial charge in [0.25, 0.3) is 0 Å². The topological polar surface area (TPSA) is 76.1 Å². The van der Waals surface area contributed by atoms with Gasteiger partial charge in [-0.15, -0.1) is 0 Å². The highest BCUT2D eigenvalue weighted by Crippen LogP contribution is 2.09. The lowest BCUT2D eigenvalue weighted by molar-refractivity contribution is 0.262. The summed E-state index contributed by atoms with van der Waals surface area (Å²) in [4.78, 5) is 19.6. The molecule has 0 aliphatic heterocycles. The van der Waals surface area contributed by atoms with E-state index < -0.39 is 0 Å². The van der Waals surface area contributed by atoms with Crippen LogP contribution in [0.4, 0.5) is 16.2 Å². The minimum absolute atomic E-state index is 0.288. The van der Waals surface area contributed by atoms with Gasteiger partial charge in [0.1, 0.15) is 0 Å². The summed E-state index contributed by atoms with van der Waals surface area (Å²) in [6, 6.07) is 9.10. The van der Waals surface area contributed by atoms with Crippen molar-refractivity contribution in [3.05, 3.63) is 42.7 Å². The predicted octanol–water partition coefficient (Wildman–Crippen LogP) is 2.52. The molecule has 2 amide bonds.